The number of carbonyl (C=O) groups is 1. The van der Waals surface area contributed by atoms with Gasteiger partial charge in [-0.3, -0.25) is 0 Å². The summed E-state index contributed by atoms with van der Waals surface area (Å²) in [4.78, 5) is 10.2. The zero-order valence-corrected chi connectivity index (χ0v) is 7.30. The van der Waals surface area contributed by atoms with E-state index in [4.69, 9.17) is 5.11 Å². The fourth-order valence-corrected chi connectivity index (χ4v) is 1.16. The first-order chi connectivity index (χ1) is 6.04. The van der Waals surface area contributed by atoms with Gasteiger partial charge in [0.2, 0.25) is 0 Å². The second-order valence-corrected chi connectivity index (χ2v) is 3.23. The third-order valence-corrected chi connectivity index (χ3v) is 2.06. The summed E-state index contributed by atoms with van der Waals surface area (Å²) in [5.74, 6) is 0. The van der Waals surface area contributed by atoms with Gasteiger partial charge in [0.05, 0.1) is 0 Å². The van der Waals surface area contributed by atoms with E-state index >= 15 is 0 Å². The SMILES string of the molecule is CC1(B(O)OC(=O)O)C=CC=CC1. The van der Waals surface area contributed by atoms with Crippen LogP contribution in [-0.4, -0.2) is 23.4 Å². The molecule has 0 aromatic heterocycles. The minimum Gasteiger partial charge on any atom is -0.477 e. The van der Waals surface area contributed by atoms with E-state index in [1.165, 1.54) is 0 Å². The Morgan fingerprint density at radius 3 is 2.77 bits per heavy atom. The maximum absolute atomic E-state index is 10.2. The molecule has 2 N–H and O–H groups in total. The molecule has 0 saturated heterocycles. The molecule has 4 nitrogen and oxygen atoms in total. The van der Waals surface area contributed by atoms with Gasteiger partial charge in [0.1, 0.15) is 0 Å². The smallest absolute Gasteiger partial charge is 0.477 e. The Kier molecular flexibility index (Phi) is 2.77. The van der Waals surface area contributed by atoms with Crippen LogP contribution in [-0.2, 0) is 4.65 Å². The van der Waals surface area contributed by atoms with Gasteiger partial charge in [0.25, 0.3) is 0 Å². The molecule has 0 aromatic carbocycles. The highest BCUT2D eigenvalue weighted by molar-refractivity contribution is 6.49. The van der Waals surface area contributed by atoms with Crippen molar-refractivity contribution in [2.75, 3.05) is 0 Å². The van der Waals surface area contributed by atoms with Gasteiger partial charge in [0, 0.05) is 5.31 Å². The van der Waals surface area contributed by atoms with Gasteiger partial charge in [-0.15, -0.1) is 0 Å². The van der Waals surface area contributed by atoms with Gasteiger partial charge < -0.3 is 14.8 Å². The lowest BCUT2D eigenvalue weighted by atomic mass is 9.56. The summed E-state index contributed by atoms with van der Waals surface area (Å²) in [6.45, 7) is 1.74. The van der Waals surface area contributed by atoms with Crippen LogP contribution in [0.25, 0.3) is 0 Å². The van der Waals surface area contributed by atoms with Crippen LogP contribution in [0.5, 0.6) is 0 Å². The quantitative estimate of drug-likeness (QED) is 0.634. The molecule has 0 radical (unpaired) electrons. The molecule has 0 heterocycles. The van der Waals surface area contributed by atoms with Crippen LogP contribution >= 0.6 is 0 Å². The largest absolute Gasteiger partial charge is 0.537 e. The molecule has 0 saturated carbocycles. The van der Waals surface area contributed by atoms with E-state index in [1.54, 1.807) is 19.1 Å². The lowest BCUT2D eigenvalue weighted by molar-refractivity contribution is 0.132. The molecule has 0 fully saturated rings. The van der Waals surface area contributed by atoms with Crippen LogP contribution in [0.15, 0.2) is 24.3 Å². The van der Waals surface area contributed by atoms with Crippen molar-refractivity contribution in [3.8, 4) is 0 Å². The molecule has 0 bridgehead atoms. The fourth-order valence-electron chi connectivity index (χ4n) is 1.16. The molecule has 1 aliphatic carbocycles. The Morgan fingerprint density at radius 1 is 1.62 bits per heavy atom. The topological polar surface area (TPSA) is 66.8 Å². The van der Waals surface area contributed by atoms with Crippen LogP contribution in [0.4, 0.5) is 4.79 Å². The lowest BCUT2D eigenvalue weighted by Gasteiger charge is -2.26. The predicted molar refractivity (Wildman–Crippen MR) is 48.3 cm³/mol. The highest BCUT2D eigenvalue weighted by atomic mass is 16.7. The van der Waals surface area contributed by atoms with Crippen molar-refractivity contribution in [3.05, 3.63) is 24.3 Å². The number of hydrogen-bond acceptors (Lipinski definition) is 3. The molecule has 1 rings (SSSR count). The van der Waals surface area contributed by atoms with E-state index in [0.717, 1.165) is 0 Å². The van der Waals surface area contributed by atoms with Crippen molar-refractivity contribution < 1.29 is 19.6 Å². The third-order valence-electron chi connectivity index (χ3n) is 2.06. The average molecular weight is 182 g/mol. The number of allylic oxidation sites excluding steroid dienone is 4. The molecule has 0 aliphatic heterocycles. The first-order valence-corrected chi connectivity index (χ1v) is 3.96. The van der Waals surface area contributed by atoms with Crippen LogP contribution in [0.2, 0.25) is 5.31 Å². The molecule has 0 aromatic rings. The summed E-state index contributed by atoms with van der Waals surface area (Å²) in [6, 6.07) is 0. The predicted octanol–water partition coefficient (Wildman–Crippen LogP) is 1.44. The third kappa shape index (κ3) is 2.35. The maximum Gasteiger partial charge on any atom is 0.537 e. The standard InChI is InChI=1S/C8H11BO4/c1-8(5-3-2-4-6-8)9(12)13-7(10)11/h2-5,12H,6H2,1H3,(H,10,11). The minimum atomic E-state index is -1.46. The number of carboxylic acid groups (broad SMARTS) is 1. The molecule has 1 aliphatic rings. The van der Waals surface area contributed by atoms with Gasteiger partial charge in [-0.05, 0) is 6.42 Å². The normalized spacial score (nSPS) is 25.7. The van der Waals surface area contributed by atoms with E-state index in [-0.39, 0.29) is 0 Å². The highest BCUT2D eigenvalue weighted by Gasteiger charge is 2.40. The van der Waals surface area contributed by atoms with E-state index < -0.39 is 18.6 Å². The molecule has 0 spiro atoms. The maximum atomic E-state index is 10.2. The summed E-state index contributed by atoms with van der Waals surface area (Å²) in [5, 5.41) is 17.1. The Balaban J connectivity index is 2.64. The molecule has 13 heavy (non-hydrogen) atoms. The Bertz CT molecular complexity index is 261. The first kappa shape index (κ1) is 9.86. The second kappa shape index (κ2) is 3.66. The van der Waals surface area contributed by atoms with Crippen molar-refractivity contribution in [3.63, 3.8) is 0 Å². The van der Waals surface area contributed by atoms with Gasteiger partial charge in [-0.25, -0.2) is 4.79 Å². The van der Waals surface area contributed by atoms with Crippen LogP contribution in [0.3, 0.4) is 0 Å². The van der Waals surface area contributed by atoms with Crippen LogP contribution < -0.4 is 0 Å². The summed E-state index contributed by atoms with van der Waals surface area (Å²) < 4.78 is 4.28. The van der Waals surface area contributed by atoms with Crippen molar-refractivity contribution in [2.24, 2.45) is 0 Å². The zero-order valence-electron chi connectivity index (χ0n) is 7.30. The fraction of sp³-hybridized carbons (Fsp3) is 0.375. The zero-order chi connectivity index (χ0) is 9.90. The van der Waals surface area contributed by atoms with Gasteiger partial charge in [-0.1, -0.05) is 31.2 Å². The summed E-state index contributed by atoms with van der Waals surface area (Å²) in [7, 11) is -1.31. The molecule has 1 atom stereocenters. The summed E-state index contributed by atoms with van der Waals surface area (Å²) in [5.41, 5.74) is 0. The highest BCUT2D eigenvalue weighted by Crippen LogP contribution is 2.37. The van der Waals surface area contributed by atoms with Crippen LogP contribution in [0, 0.1) is 0 Å². The van der Waals surface area contributed by atoms with Gasteiger partial charge >= 0.3 is 13.3 Å². The first-order valence-electron chi connectivity index (χ1n) is 3.96. The van der Waals surface area contributed by atoms with Gasteiger partial charge in [-0.2, -0.15) is 0 Å². The van der Waals surface area contributed by atoms with Crippen LogP contribution in [0.1, 0.15) is 13.3 Å². The van der Waals surface area contributed by atoms with E-state index in [0.29, 0.717) is 6.42 Å². The Hall–Kier alpha value is -1.23. The average Bonchev–Trinajstić information content (AvgIpc) is 2.04. The van der Waals surface area contributed by atoms with Crippen molar-refractivity contribution in [2.45, 2.75) is 18.7 Å². The molecule has 5 heteroatoms. The monoisotopic (exact) mass is 182 g/mol. The van der Waals surface area contributed by atoms with Gasteiger partial charge in [0.15, 0.2) is 0 Å². The molecule has 0 amide bonds. The minimum absolute atomic E-state index is 0.567. The van der Waals surface area contributed by atoms with Crippen molar-refractivity contribution >= 4 is 13.3 Å². The lowest BCUT2D eigenvalue weighted by Crippen LogP contribution is -2.34. The van der Waals surface area contributed by atoms with E-state index in [2.05, 4.69) is 4.65 Å². The molecule has 1 unspecified atom stereocenters. The molecule has 70 valence electrons. The second-order valence-electron chi connectivity index (χ2n) is 3.23. The molecular formula is C8H11BO4. The van der Waals surface area contributed by atoms with Crippen molar-refractivity contribution in [1.29, 1.82) is 0 Å². The number of rotatable bonds is 2. The summed E-state index contributed by atoms with van der Waals surface area (Å²) in [6.07, 6.45) is 6.30. The van der Waals surface area contributed by atoms with E-state index in [9.17, 15) is 9.82 Å². The Labute approximate surface area is 76.7 Å². The summed E-state index contributed by atoms with van der Waals surface area (Å²) >= 11 is 0. The number of hydrogen-bond donors (Lipinski definition) is 2. The molecular weight excluding hydrogens is 171 g/mol. The van der Waals surface area contributed by atoms with Crippen molar-refractivity contribution in [1.82, 2.24) is 0 Å². The van der Waals surface area contributed by atoms with E-state index in [1.807, 2.05) is 12.2 Å². The Morgan fingerprint density at radius 2 is 2.31 bits per heavy atom.